The number of amides is 2. The lowest BCUT2D eigenvalue weighted by Gasteiger charge is -2.10. The summed E-state index contributed by atoms with van der Waals surface area (Å²) in [5.74, 6) is 0.993. The minimum absolute atomic E-state index is 0.0821. The average molecular weight is 336 g/mol. The summed E-state index contributed by atoms with van der Waals surface area (Å²) in [6.07, 6.45) is 0. The topological polar surface area (TPSA) is 80.0 Å². The minimum atomic E-state index is -0.232. The first kappa shape index (κ1) is 16.7. The molecule has 0 aliphatic heterocycles. The highest BCUT2D eigenvalue weighted by atomic mass is 16.5. The highest BCUT2D eigenvalue weighted by Crippen LogP contribution is 2.23. The fourth-order valence-electron chi connectivity index (χ4n) is 2.37. The van der Waals surface area contributed by atoms with E-state index in [1.807, 2.05) is 57.2 Å². The van der Waals surface area contributed by atoms with Crippen molar-refractivity contribution in [2.24, 2.45) is 0 Å². The van der Waals surface area contributed by atoms with E-state index in [0.717, 1.165) is 16.7 Å². The zero-order chi connectivity index (χ0) is 17.8. The number of hydrogen-bond donors (Lipinski definition) is 2. The molecule has 2 aromatic carbocycles. The third-order valence-electron chi connectivity index (χ3n) is 3.51. The lowest BCUT2D eigenvalue weighted by Crippen LogP contribution is -2.34. The molecule has 0 spiro atoms. The smallest absolute Gasteiger partial charge is 0.319 e. The summed E-state index contributed by atoms with van der Waals surface area (Å²) in [5, 5.41) is 9.59. The fraction of sp³-hybridized carbons (Fsp3) is 0.211. The summed E-state index contributed by atoms with van der Waals surface area (Å²) in [6, 6.07) is 15.0. The molecule has 0 saturated carbocycles. The predicted molar refractivity (Wildman–Crippen MR) is 97.2 cm³/mol. The van der Waals surface area contributed by atoms with Crippen LogP contribution in [0.3, 0.4) is 0 Å². The SMILES string of the molecule is Cc1cccc(-c2nc(-c3ccc(NC(=O)NC(C)C)cc3)no2)c1. The number of urea groups is 1. The summed E-state index contributed by atoms with van der Waals surface area (Å²) in [4.78, 5) is 16.1. The van der Waals surface area contributed by atoms with Crippen LogP contribution in [0.1, 0.15) is 19.4 Å². The van der Waals surface area contributed by atoms with Gasteiger partial charge in [-0.3, -0.25) is 0 Å². The average Bonchev–Trinajstić information content (AvgIpc) is 3.05. The van der Waals surface area contributed by atoms with E-state index in [1.165, 1.54) is 0 Å². The van der Waals surface area contributed by atoms with E-state index in [4.69, 9.17) is 4.52 Å². The number of rotatable bonds is 4. The molecule has 2 N–H and O–H groups in total. The van der Waals surface area contributed by atoms with E-state index >= 15 is 0 Å². The van der Waals surface area contributed by atoms with Crippen LogP contribution in [0.15, 0.2) is 53.1 Å². The van der Waals surface area contributed by atoms with Gasteiger partial charge in [-0.15, -0.1) is 0 Å². The van der Waals surface area contributed by atoms with Crippen LogP contribution in [0.5, 0.6) is 0 Å². The first-order valence-corrected chi connectivity index (χ1v) is 8.10. The van der Waals surface area contributed by atoms with E-state index in [9.17, 15) is 4.79 Å². The lowest BCUT2D eigenvalue weighted by molar-refractivity contribution is 0.250. The van der Waals surface area contributed by atoms with Crippen molar-refractivity contribution >= 4 is 11.7 Å². The van der Waals surface area contributed by atoms with Crippen LogP contribution in [0.4, 0.5) is 10.5 Å². The summed E-state index contributed by atoms with van der Waals surface area (Å²) >= 11 is 0. The van der Waals surface area contributed by atoms with Gasteiger partial charge in [0.2, 0.25) is 5.82 Å². The van der Waals surface area contributed by atoms with E-state index in [1.54, 1.807) is 12.1 Å². The number of carbonyl (C=O) groups excluding carboxylic acids is 1. The van der Waals surface area contributed by atoms with E-state index in [0.29, 0.717) is 17.4 Å². The molecule has 0 bridgehead atoms. The fourth-order valence-corrected chi connectivity index (χ4v) is 2.37. The van der Waals surface area contributed by atoms with Crippen molar-refractivity contribution in [2.75, 3.05) is 5.32 Å². The number of nitrogens with zero attached hydrogens (tertiary/aromatic N) is 2. The number of nitrogens with one attached hydrogen (secondary N) is 2. The van der Waals surface area contributed by atoms with Gasteiger partial charge < -0.3 is 15.2 Å². The van der Waals surface area contributed by atoms with Crippen LogP contribution in [0.2, 0.25) is 0 Å². The number of hydrogen-bond acceptors (Lipinski definition) is 4. The number of aryl methyl sites for hydroxylation is 1. The zero-order valence-corrected chi connectivity index (χ0v) is 14.4. The molecule has 0 unspecified atom stereocenters. The Labute approximate surface area is 146 Å². The highest BCUT2D eigenvalue weighted by Gasteiger charge is 2.11. The first-order chi connectivity index (χ1) is 12.0. The van der Waals surface area contributed by atoms with Gasteiger partial charge >= 0.3 is 6.03 Å². The van der Waals surface area contributed by atoms with Crippen molar-refractivity contribution in [3.05, 3.63) is 54.1 Å². The van der Waals surface area contributed by atoms with Crippen LogP contribution >= 0.6 is 0 Å². The molecule has 0 aliphatic carbocycles. The lowest BCUT2D eigenvalue weighted by atomic mass is 10.1. The van der Waals surface area contributed by atoms with Crippen molar-refractivity contribution in [1.29, 1.82) is 0 Å². The van der Waals surface area contributed by atoms with Gasteiger partial charge in [-0.2, -0.15) is 4.98 Å². The highest BCUT2D eigenvalue weighted by molar-refractivity contribution is 5.89. The van der Waals surface area contributed by atoms with Gasteiger partial charge in [-0.25, -0.2) is 4.79 Å². The van der Waals surface area contributed by atoms with Crippen LogP contribution in [-0.2, 0) is 0 Å². The number of anilines is 1. The molecule has 1 aromatic heterocycles. The Kier molecular flexibility index (Phi) is 4.79. The van der Waals surface area contributed by atoms with Gasteiger partial charge in [-0.05, 0) is 57.2 Å². The Hall–Kier alpha value is -3.15. The van der Waals surface area contributed by atoms with Gasteiger partial charge in [0.1, 0.15) is 0 Å². The molecule has 0 radical (unpaired) electrons. The van der Waals surface area contributed by atoms with Gasteiger partial charge in [0.05, 0.1) is 0 Å². The van der Waals surface area contributed by atoms with Gasteiger partial charge in [0.15, 0.2) is 0 Å². The molecule has 6 heteroatoms. The van der Waals surface area contributed by atoms with Crippen LogP contribution in [-0.4, -0.2) is 22.2 Å². The van der Waals surface area contributed by atoms with Crippen molar-refractivity contribution in [1.82, 2.24) is 15.5 Å². The van der Waals surface area contributed by atoms with Crippen LogP contribution in [0, 0.1) is 6.92 Å². The Morgan fingerprint density at radius 2 is 1.84 bits per heavy atom. The van der Waals surface area contributed by atoms with Crippen molar-refractivity contribution in [3.8, 4) is 22.8 Å². The molecule has 0 fully saturated rings. The Bertz CT molecular complexity index is 869. The molecule has 0 atom stereocenters. The monoisotopic (exact) mass is 336 g/mol. The van der Waals surface area contributed by atoms with Gasteiger partial charge in [0.25, 0.3) is 5.89 Å². The predicted octanol–water partition coefficient (Wildman–Crippen LogP) is 4.24. The first-order valence-electron chi connectivity index (χ1n) is 8.10. The van der Waals surface area contributed by atoms with Crippen LogP contribution in [0.25, 0.3) is 22.8 Å². The van der Waals surface area contributed by atoms with Crippen molar-refractivity contribution in [3.63, 3.8) is 0 Å². The van der Waals surface area contributed by atoms with Crippen molar-refractivity contribution in [2.45, 2.75) is 26.8 Å². The maximum atomic E-state index is 11.7. The number of aromatic nitrogens is 2. The Balaban J connectivity index is 1.74. The third-order valence-corrected chi connectivity index (χ3v) is 3.51. The Morgan fingerprint density at radius 3 is 2.52 bits per heavy atom. The molecule has 0 aliphatic rings. The van der Waals surface area contributed by atoms with Gasteiger partial charge in [-0.1, -0.05) is 22.9 Å². The molecular weight excluding hydrogens is 316 g/mol. The molecule has 6 nitrogen and oxygen atoms in total. The maximum Gasteiger partial charge on any atom is 0.319 e. The largest absolute Gasteiger partial charge is 0.336 e. The second-order valence-electron chi connectivity index (χ2n) is 6.12. The second kappa shape index (κ2) is 7.17. The molecule has 2 amide bonds. The van der Waals surface area contributed by atoms with Gasteiger partial charge in [0, 0.05) is 22.9 Å². The molecule has 0 saturated heterocycles. The number of carbonyl (C=O) groups is 1. The minimum Gasteiger partial charge on any atom is -0.336 e. The quantitative estimate of drug-likeness (QED) is 0.747. The molecule has 128 valence electrons. The normalized spacial score (nSPS) is 10.7. The van der Waals surface area contributed by atoms with E-state index in [2.05, 4.69) is 20.8 Å². The maximum absolute atomic E-state index is 11.7. The van der Waals surface area contributed by atoms with Crippen LogP contribution < -0.4 is 10.6 Å². The standard InChI is InChI=1S/C19H20N4O2/c1-12(2)20-19(24)21-16-9-7-14(8-10-16)17-22-18(25-23-17)15-6-4-5-13(3)11-15/h4-12H,1-3H3,(H2,20,21,24). The van der Waals surface area contributed by atoms with E-state index in [-0.39, 0.29) is 12.1 Å². The molecule has 3 aromatic rings. The molecular formula is C19H20N4O2. The summed E-state index contributed by atoms with van der Waals surface area (Å²) < 4.78 is 5.36. The second-order valence-corrected chi connectivity index (χ2v) is 6.12. The molecule has 25 heavy (non-hydrogen) atoms. The summed E-state index contributed by atoms with van der Waals surface area (Å²) in [7, 11) is 0. The number of benzene rings is 2. The molecule has 3 rings (SSSR count). The van der Waals surface area contributed by atoms with E-state index < -0.39 is 0 Å². The Morgan fingerprint density at radius 1 is 1.08 bits per heavy atom. The summed E-state index contributed by atoms with van der Waals surface area (Å²) in [6.45, 7) is 5.83. The zero-order valence-electron chi connectivity index (χ0n) is 14.4. The molecule has 1 heterocycles. The summed E-state index contributed by atoms with van der Waals surface area (Å²) in [5.41, 5.74) is 3.54. The van der Waals surface area contributed by atoms with Crippen molar-refractivity contribution < 1.29 is 9.32 Å². The third kappa shape index (κ3) is 4.23.